The smallest absolute Gasteiger partial charge is 0.267 e. The summed E-state index contributed by atoms with van der Waals surface area (Å²) in [6.45, 7) is 6.99. The summed E-state index contributed by atoms with van der Waals surface area (Å²) in [7, 11) is 1.60. The van der Waals surface area contributed by atoms with Crippen LogP contribution in [0.3, 0.4) is 0 Å². The van der Waals surface area contributed by atoms with E-state index in [1.807, 2.05) is 73.7 Å². The van der Waals surface area contributed by atoms with Gasteiger partial charge in [-0.05, 0) is 71.6 Å². The molecule has 1 aliphatic heterocycles. The van der Waals surface area contributed by atoms with Crippen LogP contribution >= 0.6 is 11.8 Å². The summed E-state index contributed by atoms with van der Waals surface area (Å²) >= 11 is 1.27. The van der Waals surface area contributed by atoms with Gasteiger partial charge in [-0.25, -0.2) is 0 Å². The highest BCUT2D eigenvalue weighted by molar-refractivity contribution is 8.18. The lowest BCUT2D eigenvalue weighted by atomic mass is 10.1. The maximum absolute atomic E-state index is 13.4. The van der Waals surface area contributed by atoms with Crippen molar-refractivity contribution in [2.24, 2.45) is 16.1 Å². The van der Waals surface area contributed by atoms with Crippen LogP contribution < -0.4 is 9.47 Å². The second kappa shape index (κ2) is 13.0. The van der Waals surface area contributed by atoms with Crippen molar-refractivity contribution in [2.75, 3.05) is 13.7 Å². The summed E-state index contributed by atoms with van der Waals surface area (Å²) in [5.41, 5.74) is 2.84. The molecule has 0 bridgehead atoms. The second-order valence-electron chi connectivity index (χ2n) is 9.12. The van der Waals surface area contributed by atoms with E-state index in [9.17, 15) is 4.79 Å². The molecule has 196 valence electrons. The van der Waals surface area contributed by atoms with Crippen LogP contribution in [0.2, 0.25) is 0 Å². The van der Waals surface area contributed by atoms with E-state index in [-0.39, 0.29) is 12.5 Å². The van der Waals surface area contributed by atoms with Gasteiger partial charge >= 0.3 is 0 Å². The molecule has 38 heavy (non-hydrogen) atoms. The van der Waals surface area contributed by atoms with Crippen molar-refractivity contribution in [3.63, 3.8) is 0 Å². The van der Waals surface area contributed by atoms with Gasteiger partial charge in [0.1, 0.15) is 5.76 Å². The van der Waals surface area contributed by atoms with Gasteiger partial charge < -0.3 is 13.9 Å². The number of carbonyl (C=O) groups is 1. The highest BCUT2D eigenvalue weighted by atomic mass is 32.2. The van der Waals surface area contributed by atoms with E-state index in [4.69, 9.17) is 13.9 Å². The molecule has 2 heterocycles. The molecule has 3 aromatic rings. The molecular formula is C30H31N3O4S. The molecule has 1 amide bonds. The Kier molecular flexibility index (Phi) is 9.21. The van der Waals surface area contributed by atoms with E-state index in [0.717, 1.165) is 16.7 Å². The van der Waals surface area contributed by atoms with Crippen LogP contribution in [0.25, 0.3) is 12.2 Å². The Hall–Kier alpha value is -4.04. The number of thioether (sulfide) groups is 1. The predicted octanol–water partition coefficient (Wildman–Crippen LogP) is 6.88. The summed E-state index contributed by atoms with van der Waals surface area (Å²) in [6.07, 6.45) is 7.11. The average Bonchev–Trinajstić information content (AvgIpc) is 3.52. The minimum Gasteiger partial charge on any atom is -0.493 e. The zero-order chi connectivity index (χ0) is 26.9. The van der Waals surface area contributed by atoms with Crippen molar-refractivity contribution in [1.82, 2.24) is 4.90 Å². The minimum absolute atomic E-state index is 0.170. The first-order valence-corrected chi connectivity index (χ1v) is 13.1. The van der Waals surface area contributed by atoms with Crippen molar-refractivity contribution in [2.45, 2.75) is 27.3 Å². The first-order valence-electron chi connectivity index (χ1n) is 12.3. The van der Waals surface area contributed by atoms with Gasteiger partial charge in [-0.3, -0.25) is 9.69 Å². The molecule has 1 saturated heterocycles. The molecule has 1 aromatic heterocycles. The quantitative estimate of drug-likeness (QED) is 0.162. The Morgan fingerprint density at radius 3 is 2.61 bits per heavy atom. The first kappa shape index (κ1) is 27.0. The Labute approximate surface area is 227 Å². The van der Waals surface area contributed by atoms with Gasteiger partial charge in [0.25, 0.3) is 5.91 Å². The zero-order valence-corrected chi connectivity index (χ0v) is 22.8. The Morgan fingerprint density at radius 1 is 1.08 bits per heavy atom. The zero-order valence-electron chi connectivity index (χ0n) is 22.0. The number of hydrogen-bond donors (Lipinski definition) is 0. The van der Waals surface area contributed by atoms with E-state index < -0.39 is 0 Å². The van der Waals surface area contributed by atoms with Gasteiger partial charge in [0, 0.05) is 0 Å². The van der Waals surface area contributed by atoms with E-state index in [1.165, 1.54) is 11.8 Å². The summed E-state index contributed by atoms with van der Waals surface area (Å²) in [5, 5.41) is 9.13. The Morgan fingerprint density at radius 2 is 1.89 bits per heavy atom. The fraction of sp³-hybridized carbons (Fsp3) is 0.233. The number of furan rings is 1. The topological polar surface area (TPSA) is 76.6 Å². The predicted molar refractivity (Wildman–Crippen MR) is 154 cm³/mol. The summed E-state index contributed by atoms with van der Waals surface area (Å²) in [4.78, 5) is 15.5. The largest absolute Gasteiger partial charge is 0.493 e. The SMILES string of the molecule is COc1cc(/C=C2\S\C(=N/N=C/C(C)=C/c3ccccc3)N(Cc3ccco3)C2=O)ccc1OCC(C)C. The molecule has 0 spiro atoms. The molecule has 4 rings (SSSR count). The van der Waals surface area contributed by atoms with Gasteiger partial charge in [-0.15, -0.1) is 5.10 Å². The summed E-state index contributed by atoms with van der Waals surface area (Å²) in [6, 6.07) is 19.2. The van der Waals surface area contributed by atoms with Gasteiger partial charge in [0.05, 0.1) is 37.6 Å². The molecule has 0 atom stereocenters. The second-order valence-corrected chi connectivity index (χ2v) is 10.1. The monoisotopic (exact) mass is 529 g/mol. The third-order valence-corrected chi connectivity index (χ3v) is 6.44. The first-order chi connectivity index (χ1) is 18.4. The van der Waals surface area contributed by atoms with E-state index in [1.54, 1.807) is 30.6 Å². The third kappa shape index (κ3) is 7.26. The van der Waals surface area contributed by atoms with Crippen LogP contribution in [0.5, 0.6) is 11.5 Å². The lowest BCUT2D eigenvalue weighted by Gasteiger charge is -2.13. The van der Waals surface area contributed by atoms with E-state index >= 15 is 0 Å². The molecule has 0 radical (unpaired) electrons. The van der Waals surface area contributed by atoms with Crippen molar-refractivity contribution < 1.29 is 18.7 Å². The maximum atomic E-state index is 13.4. The molecule has 0 N–H and O–H groups in total. The van der Waals surface area contributed by atoms with Crippen molar-refractivity contribution >= 4 is 41.2 Å². The van der Waals surface area contributed by atoms with Crippen LogP contribution in [0.4, 0.5) is 0 Å². The van der Waals surface area contributed by atoms with Crippen LogP contribution in [0.15, 0.2) is 92.0 Å². The van der Waals surface area contributed by atoms with Gasteiger partial charge in [0.2, 0.25) is 0 Å². The number of nitrogens with zero attached hydrogens (tertiary/aromatic N) is 3. The molecule has 7 nitrogen and oxygen atoms in total. The lowest BCUT2D eigenvalue weighted by Crippen LogP contribution is -2.28. The number of allylic oxidation sites excluding steroid dienone is 1. The lowest BCUT2D eigenvalue weighted by molar-refractivity contribution is -0.122. The van der Waals surface area contributed by atoms with Crippen LogP contribution in [-0.4, -0.2) is 35.9 Å². The summed E-state index contributed by atoms with van der Waals surface area (Å²) < 4.78 is 16.9. The van der Waals surface area contributed by atoms with Crippen molar-refractivity contribution in [1.29, 1.82) is 0 Å². The number of ether oxygens (including phenoxy) is 2. The summed E-state index contributed by atoms with van der Waals surface area (Å²) in [5.74, 6) is 2.17. The molecular weight excluding hydrogens is 498 g/mol. The van der Waals surface area contributed by atoms with E-state index in [2.05, 4.69) is 24.1 Å². The average molecular weight is 530 g/mol. The number of hydrogen-bond acceptors (Lipinski definition) is 7. The van der Waals surface area contributed by atoms with Crippen molar-refractivity contribution in [3.05, 3.63) is 94.3 Å². The molecule has 0 aliphatic carbocycles. The minimum atomic E-state index is -0.170. The third-order valence-electron chi connectivity index (χ3n) is 5.44. The van der Waals surface area contributed by atoms with Gasteiger partial charge in [0.15, 0.2) is 16.7 Å². The number of rotatable bonds is 10. The molecule has 1 aliphatic rings. The maximum Gasteiger partial charge on any atom is 0.267 e. The Balaban J connectivity index is 1.57. The van der Waals surface area contributed by atoms with Gasteiger partial charge in [-0.1, -0.05) is 56.3 Å². The molecule has 1 fully saturated rings. The van der Waals surface area contributed by atoms with E-state index in [0.29, 0.717) is 39.9 Å². The molecule has 0 unspecified atom stereocenters. The van der Waals surface area contributed by atoms with Crippen LogP contribution in [-0.2, 0) is 11.3 Å². The fourth-order valence-corrected chi connectivity index (χ4v) is 4.53. The Bertz CT molecular complexity index is 1360. The molecule has 8 heteroatoms. The molecule has 2 aromatic carbocycles. The number of amides is 1. The highest BCUT2D eigenvalue weighted by Gasteiger charge is 2.34. The number of amidine groups is 1. The number of methoxy groups -OCH3 is 1. The number of carbonyl (C=O) groups excluding carboxylic acids is 1. The fourth-order valence-electron chi connectivity index (χ4n) is 3.60. The van der Waals surface area contributed by atoms with Crippen LogP contribution in [0.1, 0.15) is 37.7 Å². The highest BCUT2D eigenvalue weighted by Crippen LogP contribution is 2.35. The normalized spacial score (nSPS) is 16.4. The number of benzene rings is 2. The van der Waals surface area contributed by atoms with Crippen LogP contribution in [0, 0.1) is 5.92 Å². The molecule has 0 saturated carbocycles. The van der Waals surface area contributed by atoms with Crippen molar-refractivity contribution in [3.8, 4) is 11.5 Å². The van der Waals surface area contributed by atoms with Gasteiger partial charge in [-0.2, -0.15) is 5.10 Å². The standard InChI is InChI=1S/C30H31N3O4S/c1-21(2)20-37-26-13-12-24(16-27(26)35-4)17-28-29(34)33(19-25-11-8-14-36-25)30(38-28)32-31-18-22(3)15-23-9-6-5-7-10-23/h5-18,21H,19-20H2,1-4H3/b22-15+,28-17-,31-18+,32-30-.